The lowest BCUT2D eigenvalue weighted by atomic mass is 10.3. The van der Waals surface area contributed by atoms with E-state index in [1.807, 2.05) is 0 Å². The third-order valence-electron chi connectivity index (χ3n) is 2.82. The summed E-state index contributed by atoms with van der Waals surface area (Å²) < 4.78 is 2.14. The minimum atomic E-state index is -1.07. The van der Waals surface area contributed by atoms with Crippen LogP contribution in [0.1, 0.15) is 29.2 Å². The molecule has 104 valence electrons. The zero-order valence-corrected chi connectivity index (χ0v) is 12.4. The largest absolute Gasteiger partial charge is 0.478 e. The molecule has 0 aromatic carbocycles. The van der Waals surface area contributed by atoms with Crippen molar-refractivity contribution >= 4 is 33.7 Å². The number of aromatic amines is 1. The molecule has 0 atom stereocenters. The number of carboxylic acid groups (broad SMARTS) is 1. The number of aromatic nitrogens is 4. The van der Waals surface area contributed by atoms with Crippen LogP contribution in [0.3, 0.4) is 0 Å². The van der Waals surface area contributed by atoms with Crippen molar-refractivity contribution < 1.29 is 9.90 Å². The number of halogens is 1. The summed E-state index contributed by atoms with van der Waals surface area (Å²) >= 11 is 4.26. The van der Waals surface area contributed by atoms with Crippen LogP contribution >= 0.6 is 27.7 Å². The predicted octanol–water partition coefficient (Wildman–Crippen LogP) is 1.91. The van der Waals surface area contributed by atoms with Crippen LogP contribution in [0.25, 0.3) is 0 Å². The second-order valence-corrected chi connectivity index (χ2v) is 6.20. The van der Waals surface area contributed by atoms with Crippen molar-refractivity contribution in [3.63, 3.8) is 0 Å². The highest BCUT2D eigenvalue weighted by molar-refractivity contribution is 9.10. The molecule has 0 saturated heterocycles. The maximum Gasteiger partial charge on any atom is 0.344 e. The van der Waals surface area contributed by atoms with Crippen LogP contribution in [0.15, 0.2) is 31.7 Å². The number of hydrogen-bond donors (Lipinski definition) is 2. The molecule has 1 aliphatic rings. The van der Waals surface area contributed by atoms with E-state index in [-0.39, 0.29) is 17.3 Å². The molecule has 0 unspecified atom stereocenters. The summed E-state index contributed by atoms with van der Waals surface area (Å²) in [4.78, 5) is 27.0. The van der Waals surface area contributed by atoms with E-state index < -0.39 is 5.97 Å². The zero-order chi connectivity index (χ0) is 14.3. The van der Waals surface area contributed by atoms with Crippen LogP contribution in [-0.4, -0.2) is 30.8 Å². The maximum atomic E-state index is 11.7. The highest BCUT2D eigenvalue weighted by atomic mass is 79.9. The zero-order valence-electron chi connectivity index (χ0n) is 10.0. The SMILES string of the molecule is O=C(O)c1cc(Br)cnc1Sc1n[nH]c(=O)n1C1CC1. The molecule has 0 spiro atoms. The minimum Gasteiger partial charge on any atom is -0.478 e. The van der Waals surface area contributed by atoms with Gasteiger partial charge in [-0.15, -0.1) is 5.10 Å². The van der Waals surface area contributed by atoms with Crippen LogP contribution in [0.5, 0.6) is 0 Å². The maximum absolute atomic E-state index is 11.7. The van der Waals surface area contributed by atoms with Crippen LogP contribution in [0, 0.1) is 0 Å². The first-order valence-electron chi connectivity index (χ1n) is 5.80. The van der Waals surface area contributed by atoms with E-state index in [1.165, 1.54) is 12.3 Å². The Labute approximate surface area is 125 Å². The standard InChI is InChI=1S/C11H9BrN4O3S/c12-5-3-7(9(17)18)8(13-4-5)20-11-15-14-10(19)16(11)6-1-2-6/h3-4,6H,1-2H2,(H,14,19)(H,17,18). The van der Waals surface area contributed by atoms with E-state index in [0.717, 1.165) is 24.6 Å². The molecule has 2 N–H and O–H groups in total. The summed E-state index contributed by atoms with van der Waals surface area (Å²) in [5.41, 5.74) is -0.203. The molecule has 0 radical (unpaired) electrons. The molecule has 7 nitrogen and oxygen atoms in total. The molecule has 2 aromatic rings. The number of H-pyrrole nitrogens is 1. The Morgan fingerprint density at radius 3 is 2.95 bits per heavy atom. The van der Waals surface area contributed by atoms with Crippen LogP contribution in [-0.2, 0) is 0 Å². The molecular weight excluding hydrogens is 348 g/mol. The van der Waals surface area contributed by atoms with Crippen molar-refractivity contribution in [3.8, 4) is 0 Å². The highest BCUT2D eigenvalue weighted by Gasteiger charge is 2.29. The fraction of sp³-hybridized carbons (Fsp3) is 0.273. The Morgan fingerprint density at radius 1 is 1.55 bits per heavy atom. The molecule has 9 heteroatoms. The van der Waals surface area contributed by atoms with Gasteiger partial charge in [0.25, 0.3) is 0 Å². The number of aromatic carboxylic acids is 1. The number of nitrogens with one attached hydrogen (secondary N) is 1. The summed E-state index contributed by atoms with van der Waals surface area (Å²) in [5, 5.41) is 16.3. The monoisotopic (exact) mass is 356 g/mol. The van der Waals surface area contributed by atoms with E-state index >= 15 is 0 Å². The van der Waals surface area contributed by atoms with Crippen molar-refractivity contribution in [1.82, 2.24) is 19.7 Å². The van der Waals surface area contributed by atoms with Gasteiger partial charge in [-0.25, -0.2) is 19.7 Å². The van der Waals surface area contributed by atoms with Gasteiger partial charge in [0.05, 0.1) is 5.56 Å². The molecule has 1 aliphatic carbocycles. The van der Waals surface area contributed by atoms with Crippen molar-refractivity contribution in [2.75, 3.05) is 0 Å². The molecule has 0 amide bonds. The number of carbonyl (C=O) groups is 1. The lowest BCUT2D eigenvalue weighted by molar-refractivity contribution is 0.0692. The van der Waals surface area contributed by atoms with Crippen molar-refractivity contribution in [1.29, 1.82) is 0 Å². The van der Waals surface area contributed by atoms with E-state index in [2.05, 4.69) is 31.1 Å². The topological polar surface area (TPSA) is 101 Å². The second-order valence-electron chi connectivity index (χ2n) is 4.33. The molecule has 1 fully saturated rings. The Bertz CT molecular complexity index is 738. The highest BCUT2D eigenvalue weighted by Crippen LogP contribution is 2.38. The molecule has 3 rings (SSSR count). The van der Waals surface area contributed by atoms with Gasteiger partial charge in [-0.3, -0.25) is 4.57 Å². The second kappa shape index (κ2) is 5.06. The molecule has 20 heavy (non-hydrogen) atoms. The molecule has 2 aromatic heterocycles. The van der Waals surface area contributed by atoms with Gasteiger partial charge < -0.3 is 5.11 Å². The Kier molecular flexibility index (Phi) is 3.38. The minimum absolute atomic E-state index is 0.0715. The van der Waals surface area contributed by atoms with Gasteiger partial charge in [-0.2, -0.15) is 0 Å². The van der Waals surface area contributed by atoms with Crippen molar-refractivity contribution in [2.45, 2.75) is 29.1 Å². The molecule has 2 heterocycles. The average Bonchev–Trinajstić information content (AvgIpc) is 3.17. The van der Waals surface area contributed by atoms with Crippen LogP contribution in [0.4, 0.5) is 0 Å². The van der Waals surface area contributed by atoms with Crippen molar-refractivity contribution in [3.05, 3.63) is 32.8 Å². The normalized spacial score (nSPS) is 14.4. The quantitative estimate of drug-likeness (QED) is 0.867. The average molecular weight is 357 g/mol. The van der Waals surface area contributed by atoms with E-state index in [9.17, 15) is 14.7 Å². The fourth-order valence-corrected chi connectivity index (χ4v) is 3.05. The van der Waals surface area contributed by atoms with Gasteiger partial charge in [-0.1, -0.05) is 0 Å². The van der Waals surface area contributed by atoms with Gasteiger partial charge in [0, 0.05) is 16.7 Å². The summed E-state index contributed by atoms with van der Waals surface area (Å²) in [6.45, 7) is 0. The van der Waals surface area contributed by atoms with Crippen LogP contribution < -0.4 is 5.69 Å². The first-order chi connectivity index (χ1) is 9.56. The summed E-state index contributed by atoms with van der Waals surface area (Å²) in [7, 11) is 0. The number of rotatable bonds is 4. The summed E-state index contributed by atoms with van der Waals surface area (Å²) in [6.07, 6.45) is 3.39. The van der Waals surface area contributed by atoms with E-state index in [4.69, 9.17) is 0 Å². The third-order valence-corrected chi connectivity index (χ3v) is 4.24. The lowest BCUT2D eigenvalue weighted by Gasteiger charge is -2.05. The molecule has 0 bridgehead atoms. The summed E-state index contributed by atoms with van der Waals surface area (Å²) in [5.74, 6) is -1.07. The number of pyridine rings is 1. The number of carboxylic acids is 1. The first kappa shape index (κ1) is 13.4. The Balaban J connectivity index is 1.99. The van der Waals surface area contributed by atoms with E-state index in [1.54, 1.807) is 4.57 Å². The van der Waals surface area contributed by atoms with Gasteiger partial charge in [0.15, 0.2) is 5.16 Å². The fourth-order valence-electron chi connectivity index (χ4n) is 1.76. The van der Waals surface area contributed by atoms with Gasteiger partial charge in [-0.05, 0) is 46.6 Å². The van der Waals surface area contributed by atoms with Crippen LogP contribution in [0.2, 0.25) is 0 Å². The lowest BCUT2D eigenvalue weighted by Crippen LogP contribution is -2.16. The molecule has 0 aliphatic heterocycles. The summed E-state index contributed by atoms with van der Waals surface area (Å²) in [6, 6.07) is 1.64. The number of nitrogens with zero attached hydrogens (tertiary/aromatic N) is 3. The van der Waals surface area contributed by atoms with Gasteiger partial charge >= 0.3 is 11.7 Å². The van der Waals surface area contributed by atoms with E-state index in [0.29, 0.717) is 14.7 Å². The number of hydrogen-bond acceptors (Lipinski definition) is 5. The Morgan fingerprint density at radius 2 is 2.30 bits per heavy atom. The smallest absolute Gasteiger partial charge is 0.344 e. The Hall–Kier alpha value is -1.61. The predicted molar refractivity (Wildman–Crippen MR) is 74.1 cm³/mol. The van der Waals surface area contributed by atoms with Crippen molar-refractivity contribution in [2.24, 2.45) is 0 Å². The molecule has 1 saturated carbocycles. The third kappa shape index (κ3) is 2.50. The van der Waals surface area contributed by atoms with Gasteiger partial charge in [0.1, 0.15) is 5.03 Å². The van der Waals surface area contributed by atoms with Gasteiger partial charge in [0.2, 0.25) is 0 Å². The molecular formula is C11H9BrN4O3S. The first-order valence-corrected chi connectivity index (χ1v) is 7.41.